The van der Waals surface area contributed by atoms with E-state index in [0.29, 0.717) is 19.3 Å². The maximum atomic E-state index is 11.6. The summed E-state index contributed by atoms with van der Waals surface area (Å²) in [4.78, 5) is 22.5. The predicted molar refractivity (Wildman–Crippen MR) is 67.4 cm³/mol. The van der Waals surface area contributed by atoms with Crippen LogP contribution < -0.4 is 5.32 Å². The molecule has 2 atom stereocenters. The second kappa shape index (κ2) is 6.07. The normalized spacial score (nSPS) is 25.1. The molecule has 1 amide bonds. The number of hydrogen-bond donors (Lipinski definition) is 2. The molecule has 0 spiro atoms. The molecule has 5 heteroatoms. The van der Waals surface area contributed by atoms with Crippen molar-refractivity contribution in [1.82, 2.24) is 5.32 Å². The Balaban J connectivity index is 2.40. The molecule has 1 aliphatic rings. The average Bonchev–Trinajstić information content (AvgIpc) is 2.40. The molecule has 1 fully saturated rings. The topological polar surface area (TPSA) is 75.6 Å². The lowest BCUT2D eigenvalue weighted by Crippen LogP contribution is -2.38. The quantitative estimate of drug-likeness (QED) is 0.745. The number of hydrogen-bond acceptors (Lipinski definition) is 3. The first-order valence-corrected chi connectivity index (χ1v) is 6.50. The van der Waals surface area contributed by atoms with Gasteiger partial charge in [0, 0.05) is 6.04 Å². The van der Waals surface area contributed by atoms with E-state index < -0.39 is 17.7 Å². The van der Waals surface area contributed by atoms with Crippen LogP contribution in [0, 0.1) is 5.92 Å². The molecule has 1 rings (SSSR count). The number of rotatable bonds is 2. The molecule has 2 N–H and O–H groups in total. The molecular weight excluding hydrogens is 234 g/mol. The largest absolute Gasteiger partial charge is 0.481 e. The third kappa shape index (κ3) is 5.38. The van der Waals surface area contributed by atoms with Crippen LogP contribution in [0.2, 0.25) is 0 Å². The van der Waals surface area contributed by atoms with Gasteiger partial charge in [-0.25, -0.2) is 4.79 Å². The van der Waals surface area contributed by atoms with Crippen LogP contribution in [0.15, 0.2) is 0 Å². The Morgan fingerprint density at radius 1 is 1.17 bits per heavy atom. The van der Waals surface area contributed by atoms with Gasteiger partial charge < -0.3 is 15.2 Å². The van der Waals surface area contributed by atoms with Crippen molar-refractivity contribution in [3.05, 3.63) is 0 Å². The molecule has 18 heavy (non-hydrogen) atoms. The standard InChI is InChI=1S/C13H23NO4/c1-13(2,3)18-12(17)14-10-6-4-5-9(7-8-10)11(15)16/h9-10H,4-8H2,1-3H3,(H,14,17)(H,15,16). The number of carbonyl (C=O) groups excluding carboxylic acids is 1. The number of amides is 1. The zero-order valence-electron chi connectivity index (χ0n) is 11.4. The first-order valence-electron chi connectivity index (χ1n) is 6.50. The van der Waals surface area contributed by atoms with Gasteiger partial charge in [-0.15, -0.1) is 0 Å². The predicted octanol–water partition coefficient (Wildman–Crippen LogP) is 2.54. The van der Waals surface area contributed by atoms with Crippen molar-refractivity contribution in [2.24, 2.45) is 5.92 Å². The summed E-state index contributed by atoms with van der Waals surface area (Å²) in [6.07, 6.45) is 3.26. The molecule has 0 aromatic carbocycles. The minimum Gasteiger partial charge on any atom is -0.481 e. The average molecular weight is 257 g/mol. The van der Waals surface area contributed by atoms with E-state index in [0.717, 1.165) is 12.8 Å². The highest BCUT2D eigenvalue weighted by atomic mass is 16.6. The molecular formula is C13H23NO4. The van der Waals surface area contributed by atoms with Crippen molar-refractivity contribution in [3.8, 4) is 0 Å². The lowest BCUT2D eigenvalue weighted by molar-refractivity contribution is -0.142. The Morgan fingerprint density at radius 3 is 2.39 bits per heavy atom. The molecule has 0 saturated heterocycles. The van der Waals surface area contributed by atoms with Gasteiger partial charge in [-0.05, 0) is 46.5 Å². The van der Waals surface area contributed by atoms with Gasteiger partial charge in [-0.2, -0.15) is 0 Å². The van der Waals surface area contributed by atoms with E-state index in [-0.39, 0.29) is 12.0 Å². The molecule has 1 aliphatic carbocycles. The van der Waals surface area contributed by atoms with Gasteiger partial charge in [0.15, 0.2) is 0 Å². The van der Waals surface area contributed by atoms with Crippen LogP contribution in [0.25, 0.3) is 0 Å². The molecule has 104 valence electrons. The fraction of sp³-hybridized carbons (Fsp3) is 0.846. The first-order chi connectivity index (χ1) is 8.28. The number of alkyl carbamates (subject to hydrolysis) is 1. The van der Waals surface area contributed by atoms with E-state index in [4.69, 9.17) is 9.84 Å². The number of carboxylic acids is 1. The van der Waals surface area contributed by atoms with Crippen molar-refractivity contribution < 1.29 is 19.4 Å². The summed E-state index contributed by atoms with van der Waals surface area (Å²) >= 11 is 0. The summed E-state index contributed by atoms with van der Waals surface area (Å²) in [5, 5.41) is 11.8. The van der Waals surface area contributed by atoms with Crippen LogP contribution in [-0.2, 0) is 9.53 Å². The minimum absolute atomic E-state index is 0.0317. The van der Waals surface area contributed by atoms with E-state index >= 15 is 0 Å². The summed E-state index contributed by atoms with van der Waals surface area (Å²) in [7, 11) is 0. The Hall–Kier alpha value is -1.26. The van der Waals surface area contributed by atoms with E-state index in [1.165, 1.54) is 0 Å². The Kier molecular flexibility index (Phi) is 4.99. The zero-order chi connectivity index (χ0) is 13.8. The smallest absolute Gasteiger partial charge is 0.407 e. The van der Waals surface area contributed by atoms with E-state index in [2.05, 4.69) is 5.32 Å². The second-order valence-electron chi connectivity index (χ2n) is 5.89. The van der Waals surface area contributed by atoms with Crippen LogP contribution in [0.3, 0.4) is 0 Å². The summed E-state index contributed by atoms with van der Waals surface area (Å²) < 4.78 is 5.19. The fourth-order valence-electron chi connectivity index (χ4n) is 2.17. The Labute approximate surface area is 108 Å². The van der Waals surface area contributed by atoms with Crippen LogP contribution in [-0.4, -0.2) is 28.8 Å². The van der Waals surface area contributed by atoms with E-state index in [1.807, 2.05) is 20.8 Å². The monoisotopic (exact) mass is 257 g/mol. The van der Waals surface area contributed by atoms with Gasteiger partial charge >= 0.3 is 12.1 Å². The van der Waals surface area contributed by atoms with Crippen molar-refractivity contribution in [3.63, 3.8) is 0 Å². The maximum absolute atomic E-state index is 11.6. The molecule has 0 radical (unpaired) electrons. The highest BCUT2D eigenvalue weighted by molar-refractivity contribution is 5.70. The molecule has 5 nitrogen and oxygen atoms in total. The van der Waals surface area contributed by atoms with Gasteiger partial charge in [0.25, 0.3) is 0 Å². The van der Waals surface area contributed by atoms with Gasteiger partial charge in [0.05, 0.1) is 5.92 Å². The van der Waals surface area contributed by atoms with Gasteiger partial charge in [-0.3, -0.25) is 4.79 Å². The SMILES string of the molecule is CC(C)(C)OC(=O)NC1CCCC(C(=O)O)CC1. The number of carbonyl (C=O) groups is 2. The van der Waals surface area contributed by atoms with Gasteiger partial charge in [0.2, 0.25) is 0 Å². The van der Waals surface area contributed by atoms with E-state index in [1.54, 1.807) is 0 Å². The van der Waals surface area contributed by atoms with Crippen molar-refractivity contribution in [2.75, 3.05) is 0 Å². The lowest BCUT2D eigenvalue weighted by atomic mass is 10.0. The third-order valence-corrected chi connectivity index (χ3v) is 3.04. The highest BCUT2D eigenvalue weighted by Gasteiger charge is 2.25. The molecule has 1 saturated carbocycles. The van der Waals surface area contributed by atoms with Crippen LogP contribution in [0.1, 0.15) is 52.9 Å². The van der Waals surface area contributed by atoms with Crippen molar-refractivity contribution in [2.45, 2.75) is 64.5 Å². The molecule has 0 heterocycles. The molecule has 0 bridgehead atoms. The summed E-state index contributed by atoms with van der Waals surface area (Å²) in [6, 6.07) is 0.0317. The Bertz CT molecular complexity index is 309. The third-order valence-electron chi connectivity index (χ3n) is 3.04. The lowest BCUT2D eigenvalue weighted by Gasteiger charge is -2.22. The van der Waals surface area contributed by atoms with E-state index in [9.17, 15) is 9.59 Å². The summed E-state index contributed by atoms with van der Waals surface area (Å²) in [6.45, 7) is 5.46. The van der Waals surface area contributed by atoms with Crippen LogP contribution >= 0.6 is 0 Å². The van der Waals surface area contributed by atoms with Crippen molar-refractivity contribution in [1.29, 1.82) is 0 Å². The number of carboxylic acid groups (broad SMARTS) is 1. The molecule has 0 aromatic rings. The van der Waals surface area contributed by atoms with Crippen LogP contribution in [0.5, 0.6) is 0 Å². The molecule has 2 unspecified atom stereocenters. The number of aliphatic carboxylic acids is 1. The zero-order valence-corrected chi connectivity index (χ0v) is 11.4. The fourth-order valence-corrected chi connectivity index (χ4v) is 2.17. The van der Waals surface area contributed by atoms with Crippen molar-refractivity contribution >= 4 is 12.1 Å². The number of ether oxygens (including phenoxy) is 1. The van der Waals surface area contributed by atoms with Gasteiger partial charge in [0.1, 0.15) is 5.60 Å². The highest BCUT2D eigenvalue weighted by Crippen LogP contribution is 2.23. The maximum Gasteiger partial charge on any atom is 0.407 e. The summed E-state index contributed by atoms with van der Waals surface area (Å²) in [5.41, 5.74) is -0.502. The second-order valence-corrected chi connectivity index (χ2v) is 5.89. The Morgan fingerprint density at radius 2 is 1.83 bits per heavy atom. The summed E-state index contributed by atoms with van der Waals surface area (Å²) in [5.74, 6) is -0.997. The van der Waals surface area contributed by atoms with Crippen LogP contribution in [0.4, 0.5) is 4.79 Å². The molecule has 0 aliphatic heterocycles. The number of nitrogens with one attached hydrogen (secondary N) is 1. The van der Waals surface area contributed by atoms with Gasteiger partial charge in [-0.1, -0.05) is 6.42 Å². The minimum atomic E-state index is -0.729. The first kappa shape index (κ1) is 14.8. The molecule has 0 aromatic heterocycles.